The minimum atomic E-state index is -0.171. The number of amides is 1. The molecule has 2 aromatic carbocycles. The Hall–Kier alpha value is -2.79. The van der Waals surface area contributed by atoms with E-state index < -0.39 is 0 Å². The molecule has 1 N–H and O–H groups in total. The average Bonchev–Trinajstić information content (AvgIpc) is 2.61. The van der Waals surface area contributed by atoms with Gasteiger partial charge in [-0.25, -0.2) is 4.98 Å². The molecule has 5 nitrogen and oxygen atoms in total. The van der Waals surface area contributed by atoms with Crippen molar-refractivity contribution in [3.8, 4) is 11.5 Å². The molecule has 1 aliphatic rings. The summed E-state index contributed by atoms with van der Waals surface area (Å²) in [7, 11) is 0. The van der Waals surface area contributed by atoms with E-state index in [-0.39, 0.29) is 12.3 Å². The van der Waals surface area contributed by atoms with Crippen LogP contribution in [0.3, 0.4) is 0 Å². The van der Waals surface area contributed by atoms with E-state index in [1.165, 1.54) is 0 Å². The highest BCUT2D eigenvalue weighted by molar-refractivity contribution is 6.32. The first-order valence-electron chi connectivity index (χ1n) is 7.93. The van der Waals surface area contributed by atoms with Crippen molar-refractivity contribution in [1.82, 2.24) is 4.98 Å². The number of nitrogens with one attached hydrogen (secondary N) is 1. The molecule has 0 radical (unpaired) electrons. The number of hydrogen-bond acceptors (Lipinski definition) is 4. The monoisotopic (exact) mass is 354 g/mol. The highest BCUT2D eigenvalue weighted by Gasteiger charge is 2.17. The van der Waals surface area contributed by atoms with Gasteiger partial charge in [-0.3, -0.25) is 4.79 Å². The Kier molecular flexibility index (Phi) is 4.15. The quantitative estimate of drug-likeness (QED) is 0.776. The predicted octanol–water partition coefficient (Wildman–Crippen LogP) is 3.84. The van der Waals surface area contributed by atoms with E-state index in [0.29, 0.717) is 35.6 Å². The Morgan fingerprint density at radius 1 is 1.12 bits per heavy atom. The molecular weight excluding hydrogens is 340 g/mol. The van der Waals surface area contributed by atoms with Gasteiger partial charge in [-0.15, -0.1) is 0 Å². The molecule has 0 bridgehead atoms. The van der Waals surface area contributed by atoms with E-state index in [9.17, 15) is 4.79 Å². The van der Waals surface area contributed by atoms with Crippen LogP contribution in [0.4, 0.5) is 5.82 Å². The molecule has 126 valence electrons. The van der Waals surface area contributed by atoms with Crippen molar-refractivity contribution in [2.45, 2.75) is 6.42 Å². The molecule has 4 rings (SSSR count). The number of carbonyl (C=O) groups is 1. The zero-order valence-electron chi connectivity index (χ0n) is 13.3. The lowest BCUT2D eigenvalue weighted by molar-refractivity contribution is -0.115. The number of fused-ring (bicyclic) bond motifs is 2. The van der Waals surface area contributed by atoms with Crippen molar-refractivity contribution >= 4 is 34.2 Å². The third-order valence-corrected chi connectivity index (χ3v) is 4.17. The molecule has 0 fully saturated rings. The lowest BCUT2D eigenvalue weighted by atomic mass is 10.1. The van der Waals surface area contributed by atoms with Crippen LogP contribution in [0.2, 0.25) is 5.02 Å². The third-order valence-electron chi connectivity index (χ3n) is 3.89. The maximum absolute atomic E-state index is 12.3. The third kappa shape index (κ3) is 3.37. The van der Waals surface area contributed by atoms with Crippen LogP contribution in [-0.2, 0) is 11.2 Å². The SMILES string of the molecule is O=C(Cc1cc(Cl)c2c(c1)OCCO2)Nc1ccc2ccccc2n1. The number of halogens is 1. The van der Waals surface area contributed by atoms with Crippen LogP contribution in [0.15, 0.2) is 48.5 Å². The Bertz CT molecular complexity index is 959. The van der Waals surface area contributed by atoms with Crippen molar-refractivity contribution < 1.29 is 14.3 Å². The Labute approximate surface area is 149 Å². The molecule has 3 aromatic rings. The second-order valence-corrected chi connectivity index (χ2v) is 6.12. The van der Waals surface area contributed by atoms with Gasteiger partial charge in [0.05, 0.1) is 17.0 Å². The molecule has 0 spiro atoms. The number of aromatic nitrogens is 1. The summed E-state index contributed by atoms with van der Waals surface area (Å²) in [6.45, 7) is 0.945. The molecule has 2 heterocycles. The molecule has 0 aliphatic carbocycles. The predicted molar refractivity (Wildman–Crippen MR) is 96.5 cm³/mol. The van der Waals surface area contributed by atoms with E-state index in [2.05, 4.69) is 10.3 Å². The summed E-state index contributed by atoms with van der Waals surface area (Å²) in [6.07, 6.45) is 0.171. The van der Waals surface area contributed by atoms with E-state index in [0.717, 1.165) is 16.5 Å². The Morgan fingerprint density at radius 3 is 2.88 bits per heavy atom. The number of para-hydroxylation sites is 1. The van der Waals surface area contributed by atoms with Gasteiger partial charge in [0.25, 0.3) is 0 Å². The number of rotatable bonds is 3. The molecule has 6 heteroatoms. The highest BCUT2D eigenvalue weighted by Crippen LogP contribution is 2.38. The van der Waals surface area contributed by atoms with E-state index in [1.807, 2.05) is 30.3 Å². The molecule has 0 saturated heterocycles. The summed E-state index contributed by atoms with van der Waals surface area (Å²) < 4.78 is 11.0. The first-order chi connectivity index (χ1) is 12.2. The number of nitrogens with zero attached hydrogens (tertiary/aromatic N) is 1. The molecule has 25 heavy (non-hydrogen) atoms. The summed E-state index contributed by atoms with van der Waals surface area (Å²) in [5, 5.41) is 4.29. The zero-order chi connectivity index (χ0) is 17.2. The van der Waals surface area contributed by atoms with Crippen LogP contribution >= 0.6 is 11.6 Å². The molecule has 0 unspecified atom stereocenters. The van der Waals surface area contributed by atoms with E-state index in [4.69, 9.17) is 21.1 Å². The Morgan fingerprint density at radius 2 is 1.96 bits per heavy atom. The number of carbonyl (C=O) groups excluding carboxylic acids is 1. The summed E-state index contributed by atoms with van der Waals surface area (Å²) in [4.78, 5) is 16.8. The second kappa shape index (κ2) is 6.61. The topological polar surface area (TPSA) is 60.5 Å². The summed E-state index contributed by atoms with van der Waals surface area (Å²) in [5.74, 6) is 1.46. The Balaban J connectivity index is 1.50. The van der Waals surface area contributed by atoms with Crippen molar-refractivity contribution in [1.29, 1.82) is 0 Å². The maximum Gasteiger partial charge on any atom is 0.229 e. The minimum Gasteiger partial charge on any atom is -0.486 e. The van der Waals surface area contributed by atoms with Crippen molar-refractivity contribution in [3.63, 3.8) is 0 Å². The number of hydrogen-bond donors (Lipinski definition) is 1. The van der Waals surface area contributed by atoms with Gasteiger partial charge in [-0.05, 0) is 35.9 Å². The number of pyridine rings is 1. The van der Waals surface area contributed by atoms with Gasteiger partial charge < -0.3 is 14.8 Å². The summed E-state index contributed by atoms with van der Waals surface area (Å²) >= 11 is 6.21. The number of ether oxygens (including phenoxy) is 2. The largest absolute Gasteiger partial charge is 0.486 e. The molecule has 1 aliphatic heterocycles. The molecule has 0 saturated carbocycles. The fourth-order valence-corrected chi connectivity index (χ4v) is 3.06. The van der Waals surface area contributed by atoms with Gasteiger partial charge in [-0.1, -0.05) is 29.8 Å². The number of anilines is 1. The molecule has 1 amide bonds. The smallest absolute Gasteiger partial charge is 0.229 e. The first-order valence-corrected chi connectivity index (χ1v) is 8.30. The van der Waals surface area contributed by atoms with Crippen LogP contribution in [0.1, 0.15) is 5.56 Å². The van der Waals surface area contributed by atoms with E-state index in [1.54, 1.807) is 18.2 Å². The van der Waals surface area contributed by atoms with Crippen LogP contribution in [0.25, 0.3) is 10.9 Å². The van der Waals surface area contributed by atoms with Crippen LogP contribution < -0.4 is 14.8 Å². The standard InChI is InChI=1S/C19H15ClN2O3/c20-14-9-12(10-16-19(14)25-8-7-24-16)11-18(23)22-17-6-5-13-3-1-2-4-15(13)21-17/h1-6,9-10H,7-8,11H2,(H,21,22,23). The van der Waals surface area contributed by atoms with Crippen molar-refractivity contribution in [2.75, 3.05) is 18.5 Å². The van der Waals surface area contributed by atoms with Gasteiger partial charge >= 0.3 is 0 Å². The normalized spacial score (nSPS) is 12.8. The second-order valence-electron chi connectivity index (χ2n) is 5.72. The summed E-state index contributed by atoms with van der Waals surface area (Å²) in [5.41, 5.74) is 1.59. The first kappa shape index (κ1) is 15.7. The lowest BCUT2D eigenvalue weighted by Crippen LogP contribution is -2.18. The maximum atomic E-state index is 12.3. The molecular formula is C19H15ClN2O3. The van der Waals surface area contributed by atoms with Gasteiger partial charge in [0.2, 0.25) is 5.91 Å². The van der Waals surface area contributed by atoms with Gasteiger partial charge in [-0.2, -0.15) is 0 Å². The molecule has 0 atom stereocenters. The highest BCUT2D eigenvalue weighted by atomic mass is 35.5. The van der Waals surface area contributed by atoms with E-state index >= 15 is 0 Å². The minimum absolute atomic E-state index is 0.171. The molecule has 1 aromatic heterocycles. The fraction of sp³-hybridized carbons (Fsp3) is 0.158. The van der Waals surface area contributed by atoms with Gasteiger partial charge in [0, 0.05) is 5.39 Å². The number of benzene rings is 2. The van der Waals surface area contributed by atoms with Crippen LogP contribution in [0.5, 0.6) is 11.5 Å². The fourth-order valence-electron chi connectivity index (χ4n) is 2.77. The zero-order valence-corrected chi connectivity index (χ0v) is 14.0. The van der Waals surface area contributed by atoms with Crippen molar-refractivity contribution in [2.24, 2.45) is 0 Å². The van der Waals surface area contributed by atoms with Crippen LogP contribution in [-0.4, -0.2) is 24.1 Å². The lowest BCUT2D eigenvalue weighted by Gasteiger charge is -2.20. The van der Waals surface area contributed by atoms with Gasteiger partial charge in [0.15, 0.2) is 11.5 Å². The summed E-state index contributed by atoms with van der Waals surface area (Å²) in [6, 6.07) is 15.0. The van der Waals surface area contributed by atoms with Crippen LogP contribution in [0, 0.1) is 0 Å². The average molecular weight is 355 g/mol. The van der Waals surface area contributed by atoms with Gasteiger partial charge in [0.1, 0.15) is 19.0 Å². The van der Waals surface area contributed by atoms with Crippen molar-refractivity contribution in [3.05, 3.63) is 59.1 Å².